The number of likely N-dealkylation sites (N-methyl/N-ethyl adjacent to an activating group) is 1. The van der Waals surface area contributed by atoms with Gasteiger partial charge in [0.15, 0.2) is 0 Å². The predicted octanol–water partition coefficient (Wildman–Crippen LogP) is 2.84. The quantitative estimate of drug-likeness (QED) is 0.835. The summed E-state index contributed by atoms with van der Waals surface area (Å²) in [4.78, 5) is 4.23. The van der Waals surface area contributed by atoms with Crippen molar-refractivity contribution < 1.29 is 13.2 Å². The van der Waals surface area contributed by atoms with Crippen LogP contribution in [0, 0.1) is 0 Å². The van der Waals surface area contributed by atoms with Gasteiger partial charge in [0.25, 0.3) is 0 Å². The first kappa shape index (κ1) is 14.3. The van der Waals surface area contributed by atoms with Crippen LogP contribution in [0.1, 0.15) is 17.5 Å². The molecule has 0 aliphatic carbocycles. The van der Waals surface area contributed by atoms with Gasteiger partial charge in [-0.2, -0.15) is 13.2 Å². The smallest absolute Gasteiger partial charge is 0.305 e. The summed E-state index contributed by atoms with van der Waals surface area (Å²) in [6, 6.07) is 6.29. The van der Waals surface area contributed by atoms with Crippen LogP contribution in [-0.4, -0.2) is 43.0 Å². The Bertz CT molecular complexity index is 429. The van der Waals surface area contributed by atoms with E-state index < -0.39 is 11.7 Å². The fourth-order valence-corrected chi connectivity index (χ4v) is 2.55. The van der Waals surface area contributed by atoms with Gasteiger partial charge in [0.1, 0.15) is 0 Å². The topological polar surface area (TPSA) is 6.48 Å². The van der Waals surface area contributed by atoms with Crippen LogP contribution >= 0.6 is 0 Å². The lowest BCUT2D eigenvalue weighted by molar-refractivity contribution is -0.138. The van der Waals surface area contributed by atoms with Gasteiger partial charge in [-0.1, -0.05) is 18.2 Å². The summed E-state index contributed by atoms with van der Waals surface area (Å²) in [6.07, 6.45) is -3.25. The lowest BCUT2D eigenvalue weighted by atomic mass is 10.1. The molecule has 1 aliphatic rings. The van der Waals surface area contributed by atoms with Crippen molar-refractivity contribution in [2.24, 2.45) is 0 Å². The van der Waals surface area contributed by atoms with Crippen molar-refractivity contribution in [1.82, 2.24) is 9.80 Å². The first-order chi connectivity index (χ1) is 8.88. The summed E-state index contributed by atoms with van der Waals surface area (Å²) < 4.78 is 38.7. The molecule has 0 bridgehead atoms. The van der Waals surface area contributed by atoms with E-state index in [1.165, 1.54) is 6.07 Å². The molecule has 0 spiro atoms. The van der Waals surface area contributed by atoms with Crippen molar-refractivity contribution in [2.75, 3.05) is 27.2 Å². The molecule has 0 aromatic heterocycles. The number of alkyl halides is 3. The van der Waals surface area contributed by atoms with Gasteiger partial charge in [0, 0.05) is 25.7 Å². The van der Waals surface area contributed by atoms with E-state index in [1.54, 1.807) is 12.1 Å². The second-order valence-electron chi connectivity index (χ2n) is 5.30. The SMILES string of the molecule is CN(C)[C@H]1CCN(Cc2ccccc2C(F)(F)F)C1. The van der Waals surface area contributed by atoms with E-state index in [9.17, 15) is 13.2 Å². The Hall–Kier alpha value is -1.07. The molecule has 1 fully saturated rings. The van der Waals surface area contributed by atoms with E-state index in [-0.39, 0.29) is 0 Å². The minimum atomic E-state index is -4.27. The van der Waals surface area contributed by atoms with E-state index in [0.717, 1.165) is 25.6 Å². The van der Waals surface area contributed by atoms with Gasteiger partial charge in [-0.25, -0.2) is 0 Å². The van der Waals surface area contributed by atoms with Crippen molar-refractivity contribution in [3.63, 3.8) is 0 Å². The van der Waals surface area contributed by atoms with Crippen LogP contribution in [0.5, 0.6) is 0 Å². The summed E-state index contributed by atoms with van der Waals surface area (Å²) in [5, 5.41) is 0. The maximum atomic E-state index is 12.9. The Labute approximate surface area is 111 Å². The summed E-state index contributed by atoms with van der Waals surface area (Å²) in [5.74, 6) is 0. The number of hydrogen-bond donors (Lipinski definition) is 0. The molecule has 1 aliphatic heterocycles. The fourth-order valence-electron chi connectivity index (χ4n) is 2.55. The van der Waals surface area contributed by atoms with Crippen molar-refractivity contribution in [2.45, 2.75) is 25.2 Å². The zero-order chi connectivity index (χ0) is 14.0. The van der Waals surface area contributed by atoms with E-state index in [0.29, 0.717) is 18.2 Å². The number of hydrogen-bond acceptors (Lipinski definition) is 2. The lowest BCUT2D eigenvalue weighted by Gasteiger charge is -2.21. The summed E-state index contributed by atoms with van der Waals surface area (Å²) in [7, 11) is 4.02. The molecule has 19 heavy (non-hydrogen) atoms. The third-order valence-corrected chi connectivity index (χ3v) is 3.69. The molecule has 106 valence electrons. The van der Waals surface area contributed by atoms with Gasteiger partial charge < -0.3 is 4.90 Å². The molecule has 0 amide bonds. The van der Waals surface area contributed by atoms with Gasteiger partial charge in [-0.15, -0.1) is 0 Å². The van der Waals surface area contributed by atoms with Gasteiger partial charge in [0.2, 0.25) is 0 Å². The van der Waals surface area contributed by atoms with E-state index >= 15 is 0 Å². The highest BCUT2D eigenvalue weighted by Gasteiger charge is 2.34. The molecule has 0 unspecified atom stereocenters. The molecule has 1 aromatic rings. The first-order valence-corrected chi connectivity index (χ1v) is 6.42. The third-order valence-electron chi connectivity index (χ3n) is 3.69. The molecule has 1 heterocycles. The third kappa shape index (κ3) is 3.48. The molecule has 1 saturated heterocycles. The zero-order valence-corrected chi connectivity index (χ0v) is 11.2. The Morgan fingerprint density at radius 1 is 1.26 bits per heavy atom. The molecular weight excluding hydrogens is 253 g/mol. The number of nitrogens with zero attached hydrogens (tertiary/aromatic N) is 2. The summed E-state index contributed by atoms with van der Waals surface area (Å²) in [5.41, 5.74) is -0.141. The van der Waals surface area contributed by atoms with E-state index in [1.807, 2.05) is 14.1 Å². The second-order valence-corrected chi connectivity index (χ2v) is 5.30. The number of benzene rings is 1. The molecule has 2 rings (SSSR count). The Kier molecular flexibility index (Phi) is 4.16. The van der Waals surface area contributed by atoms with Crippen molar-refractivity contribution in [1.29, 1.82) is 0 Å². The molecular formula is C14H19F3N2. The Morgan fingerprint density at radius 3 is 2.53 bits per heavy atom. The number of rotatable bonds is 3. The van der Waals surface area contributed by atoms with Crippen LogP contribution in [0.3, 0.4) is 0 Å². The molecule has 2 nitrogen and oxygen atoms in total. The van der Waals surface area contributed by atoms with Crippen molar-refractivity contribution in [3.05, 3.63) is 35.4 Å². The molecule has 0 N–H and O–H groups in total. The number of likely N-dealkylation sites (tertiary alicyclic amines) is 1. The van der Waals surface area contributed by atoms with Crippen molar-refractivity contribution >= 4 is 0 Å². The minimum Gasteiger partial charge on any atom is -0.305 e. The Morgan fingerprint density at radius 2 is 1.95 bits per heavy atom. The average Bonchev–Trinajstić information content (AvgIpc) is 2.77. The first-order valence-electron chi connectivity index (χ1n) is 6.42. The zero-order valence-electron chi connectivity index (χ0n) is 11.2. The highest BCUT2D eigenvalue weighted by atomic mass is 19.4. The molecule has 1 aromatic carbocycles. The summed E-state index contributed by atoms with van der Waals surface area (Å²) in [6.45, 7) is 2.06. The monoisotopic (exact) mass is 272 g/mol. The van der Waals surface area contributed by atoms with Gasteiger partial charge >= 0.3 is 6.18 Å². The molecule has 5 heteroatoms. The van der Waals surface area contributed by atoms with Gasteiger partial charge in [-0.3, -0.25) is 4.90 Å². The predicted molar refractivity (Wildman–Crippen MR) is 68.8 cm³/mol. The molecule has 1 atom stereocenters. The standard InChI is InChI=1S/C14H19F3N2/c1-18(2)12-7-8-19(10-12)9-11-5-3-4-6-13(11)14(15,16)17/h3-6,12H,7-10H2,1-2H3/t12-/m0/s1. The molecule has 0 radical (unpaired) electrons. The van der Waals surface area contributed by atoms with Crippen LogP contribution in [-0.2, 0) is 12.7 Å². The van der Waals surface area contributed by atoms with Crippen LogP contribution in [0.15, 0.2) is 24.3 Å². The maximum absolute atomic E-state index is 12.9. The Balaban J connectivity index is 2.08. The van der Waals surface area contributed by atoms with Crippen LogP contribution < -0.4 is 0 Å². The highest BCUT2D eigenvalue weighted by Crippen LogP contribution is 2.32. The lowest BCUT2D eigenvalue weighted by Crippen LogP contribution is -2.31. The largest absolute Gasteiger partial charge is 0.416 e. The van der Waals surface area contributed by atoms with E-state index in [4.69, 9.17) is 0 Å². The highest BCUT2D eigenvalue weighted by molar-refractivity contribution is 5.29. The maximum Gasteiger partial charge on any atom is 0.416 e. The normalized spacial score (nSPS) is 21.3. The van der Waals surface area contributed by atoms with E-state index in [2.05, 4.69) is 9.80 Å². The summed E-state index contributed by atoms with van der Waals surface area (Å²) >= 11 is 0. The minimum absolute atomic E-state index is 0.370. The van der Waals surface area contributed by atoms with Crippen LogP contribution in [0.2, 0.25) is 0 Å². The van der Waals surface area contributed by atoms with Gasteiger partial charge in [-0.05, 0) is 32.1 Å². The second kappa shape index (κ2) is 5.51. The van der Waals surface area contributed by atoms with Crippen molar-refractivity contribution in [3.8, 4) is 0 Å². The molecule has 0 saturated carbocycles. The fraction of sp³-hybridized carbons (Fsp3) is 0.571. The average molecular weight is 272 g/mol. The van der Waals surface area contributed by atoms with Crippen LogP contribution in [0.25, 0.3) is 0 Å². The number of halogens is 3. The van der Waals surface area contributed by atoms with Gasteiger partial charge in [0.05, 0.1) is 5.56 Å². The van der Waals surface area contributed by atoms with Crippen LogP contribution in [0.4, 0.5) is 13.2 Å².